The molecule has 1 aromatic carbocycles. The van der Waals surface area contributed by atoms with Gasteiger partial charge < -0.3 is 10.1 Å². The average molecular weight is 260 g/mol. The summed E-state index contributed by atoms with van der Waals surface area (Å²) in [6, 6.07) is 8.92. The van der Waals surface area contributed by atoms with E-state index in [1.54, 1.807) is 7.11 Å². The molecule has 1 aromatic rings. The van der Waals surface area contributed by atoms with Crippen molar-refractivity contribution in [2.75, 3.05) is 33.3 Å². The van der Waals surface area contributed by atoms with Crippen LogP contribution in [0.25, 0.3) is 0 Å². The molecule has 3 nitrogen and oxygen atoms in total. The summed E-state index contributed by atoms with van der Waals surface area (Å²) in [5.41, 5.74) is 1.35. The van der Waals surface area contributed by atoms with Gasteiger partial charge in [-0.2, -0.15) is 0 Å². The van der Waals surface area contributed by atoms with Crippen LogP contribution >= 0.6 is 0 Å². The van der Waals surface area contributed by atoms with Crippen molar-refractivity contribution < 1.29 is 4.74 Å². The van der Waals surface area contributed by atoms with Gasteiger partial charge in [-0.1, -0.05) is 18.2 Å². The van der Waals surface area contributed by atoms with Crippen molar-refractivity contribution in [3.63, 3.8) is 0 Å². The summed E-state index contributed by atoms with van der Waals surface area (Å²) in [6.07, 6.45) is 4.18. The first-order valence-electron chi connectivity index (χ1n) is 7.04. The molecule has 2 rings (SSSR count). The molecule has 1 aliphatic rings. The Morgan fingerprint density at radius 2 is 2.21 bits per heavy atom. The van der Waals surface area contributed by atoms with Crippen LogP contribution in [0.4, 0.5) is 0 Å². The van der Waals surface area contributed by atoms with Crippen LogP contribution in [0.5, 0.6) is 5.75 Å². The summed E-state index contributed by atoms with van der Waals surface area (Å²) in [5, 5.41) is 3.41. The topological polar surface area (TPSA) is 24.5 Å². The van der Waals surface area contributed by atoms with Crippen molar-refractivity contribution in [3.05, 3.63) is 42.5 Å². The molecule has 0 saturated carbocycles. The summed E-state index contributed by atoms with van der Waals surface area (Å²) >= 11 is 0. The molecule has 1 aliphatic heterocycles. The quantitative estimate of drug-likeness (QED) is 0.796. The van der Waals surface area contributed by atoms with Crippen molar-refractivity contribution in [1.82, 2.24) is 10.2 Å². The summed E-state index contributed by atoms with van der Waals surface area (Å²) in [7, 11) is 1.72. The number of hydrogen-bond donors (Lipinski definition) is 1. The second-order valence-electron chi connectivity index (χ2n) is 4.94. The molecule has 1 saturated heterocycles. The Morgan fingerprint density at radius 3 is 2.89 bits per heavy atom. The van der Waals surface area contributed by atoms with Gasteiger partial charge in [0, 0.05) is 32.2 Å². The van der Waals surface area contributed by atoms with Crippen LogP contribution in [-0.4, -0.2) is 38.2 Å². The molecule has 0 bridgehead atoms. The number of ether oxygens (including phenoxy) is 1. The number of piperazine rings is 1. The normalized spacial score (nSPS) is 17.9. The lowest BCUT2D eigenvalue weighted by atomic mass is 9.99. The van der Waals surface area contributed by atoms with Gasteiger partial charge in [0.1, 0.15) is 5.75 Å². The molecule has 3 heteroatoms. The minimum absolute atomic E-state index is 0.468. The van der Waals surface area contributed by atoms with Crippen molar-refractivity contribution in [3.8, 4) is 5.75 Å². The van der Waals surface area contributed by atoms with Crippen LogP contribution in [0.2, 0.25) is 0 Å². The first-order valence-corrected chi connectivity index (χ1v) is 7.04. The van der Waals surface area contributed by atoms with E-state index in [0.29, 0.717) is 6.04 Å². The predicted octanol–water partition coefficient (Wildman–Crippen LogP) is 2.61. The first-order chi connectivity index (χ1) is 9.35. The standard InChI is InChI=1S/C16H24N2O/c1-3-4-8-16(18-11-9-17-10-12-18)14-6-5-7-15(13-14)19-2/h3,5-7,13,16-17H,1,4,8-12H2,2H3/t16-/m0/s1. The number of benzene rings is 1. The summed E-state index contributed by atoms with van der Waals surface area (Å²) in [6.45, 7) is 8.23. The molecule has 104 valence electrons. The molecule has 0 spiro atoms. The maximum absolute atomic E-state index is 5.35. The van der Waals surface area contributed by atoms with Gasteiger partial charge in [-0.05, 0) is 30.5 Å². The third-order valence-electron chi connectivity index (χ3n) is 3.72. The monoisotopic (exact) mass is 260 g/mol. The number of allylic oxidation sites excluding steroid dienone is 1. The maximum atomic E-state index is 5.35. The van der Waals surface area contributed by atoms with Gasteiger partial charge in [0.05, 0.1) is 7.11 Å². The van der Waals surface area contributed by atoms with E-state index in [2.05, 4.69) is 35.0 Å². The molecule has 1 N–H and O–H groups in total. The Labute approximate surface area is 116 Å². The zero-order chi connectivity index (χ0) is 13.5. The van der Waals surface area contributed by atoms with Crippen LogP contribution in [0.15, 0.2) is 36.9 Å². The van der Waals surface area contributed by atoms with E-state index in [0.717, 1.165) is 44.8 Å². The molecular formula is C16H24N2O. The van der Waals surface area contributed by atoms with Gasteiger partial charge in [0.15, 0.2) is 0 Å². The zero-order valence-corrected chi connectivity index (χ0v) is 11.8. The van der Waals surface area contributed by atoms with Crippen molar-refractivity contribution >= 4 is 0 Å². The zero-order valence-electron chi connectivity index (χ0n) is 11.8. The van der Waals surface area contributed by atoms with Crippen molar-refractivity contribution in [2.24, 2.45) is 0 Å². The van der Waals surface area contributed by atoms with E-state index in [1.807, 2.05) is 12.1 Å². The maximum Gasteiger partial charge on any atom is 0.119 e. The van der Waals surface area contributed by atoms with Crippen LogP contribution in [0.1, 0.15) is 24.4 Å². The van der Waals surface area contributed by atoms with Crippen molar-refractivity contribution in [2.45, 2.75) is 18.9 Å². The Balaban J connectivity index is 2.16. The van der Waals surface area contributed by atoms with E-state index in [-0.39, 0.29) is 0 Å². The molecule has 1 fully saturated rings. The van der Waals surface area contributed by atoms with Crippen LogP contribution < -0.4 is 10.1 Å². The third kappa shape index (κ3) is 3.82. The fourth-order valence-electron chi connectivity index (χ4n) is 2.68. The minimum Gasteiger partial charge on any atom is -0.497 e. The van der Waals surface area contributed by atoms with E-state index < -0.39 is 0 Å². The SMILES string of the molecule is C=CCC[C@@H](c1cccc(OC)c1)N1CCNCC1. The lowest BCUT2D eigenvalue weighted by Gasteiger charge is -2.35. The molecular weight excluding hydrogens is 236 g/mol. The lowest BCUT2D eigenvalue weighted by molar-refractivity contribution is 0.166. The molecule has 0 aliphatic carbocycles. The smallest absolute Gasteiger partial charge is 0.119 e. The number of hydrogen-bond acceptors (Lipinski definition) is 3. The highest BCUT2D eigenvalue weighted by atomic mass is 16.5. The Hall–Kier alpha value is -1.32. The first kappa shape index (κ1) is 14.1. The van der Waals surface area contributed by atoms with E-state index >= 15 is 0 Å². The molecule has 0 amide bonds. The van der Waals surface area contributed by atoms with E-state index in [1.165, 1.54) is 5.56 Å². The fraction of sp³-hybridized carbons (Fsp3) is 0.500. The molecule has 19 heavy (non-hydrogen) atoms. The molecule has 1 atom stereocenters. The van der Waals surface area contributed by atoms with Crippen molar-refractivity contribution in [1.29, 1.82) is 0 Å². The van der Waals surface area contributed by atoms with Crippen LogP contribution in [-0.2, 0) is 0 Å². The summed E-state index contributed by atoms with van der Waals surface area (Å²) in [5.74, 6) is 0.941. The predicted molar refractivity (Wildman–Crippen MR) is 79.6 cm³/mol. The Bertz CT molecular complexity index is 399. The van der Waals surface area contributed by atoms with Gasteiger partial charge in [-0.25, -0.2) is 0 Å². The molecule has 0 aromatic heterocycles. The van der Waals surface area contributed by atoms with E-state index in [9.17, 15) is 0 Å². The second kappa shape index (κ2) is 7.31. The van der Waals surface area contributed by atoms with Gasteiger partial charge in [-0.15, -0.1) is 6.58 Å². The average Bonchev–Trinajstić information content (AvgIpc) is 2.49. The Morgan fingerprint density at radius 1 is 1.42 bits per heavy atom. The summed E-state index contributed by atoms with van der Waals surface area (Å²) in [4.78, 5) is 2.56. The van der Waals surface area contributed by atoms with Crippen LogP contribution in [0, 0.1) is 0 Å². The highest BCUT2D eigenvalue weighted by Crippen LogP contribution is 2.28. The number of nitrogens with one attached hydrogen (secondary N) is 1. The number of nitrogens with zero attached hydrogens (tertiary/aromatic N) is 1. The van der Waals surface area contributed by atoms with Gasteiger partial charge in [-0.3, -0.25) is 4.90 Å². The highest BCUT2D eigenvalue weighted by Gasteiger charge is 2.21. The van der Waals surface area contributed by atoms with E-state index in [4.69, 9.17) is 4.74 Å². The van der Waals surface area contributed by atoms with Gasteiger partial charge in [0.2, 0.25) is 0 Å². The number of rotatable bonds is 6. The van der Waals surface area contributed by atoms with Gasteiger partial charge >= 0.3 is 0 Å². The highest BCUT2D eigenvalue weighted by molar-refractivity contribution is 5.30. The minimum atomic E-state index is 0.468. The molecule has 1 heterocycles. The second-order valence-corrected chi connectivity index (χ2v) is 4.94. The number of methoxy groups -OCH3 is 1. The molecule has 0 unspecified atom stereocenters. The summed E-state index contributed by atoms with van der Waals surface area (Å²) < 4.78 is 5.35. The third-order valence-corrected chi connectivity index (χ3v) is 3.72. The van der Waals surface area contributed by atoms with Gasteiger partial charge in [0.25, 0.3) is 0 Å². The lowest BCUT2D eigenvalue weighted by Crippen LogP contribution is -2.45. The largest absolute Gasteiger partial charge is 0.497 e. The Kier molecular flexibility index (Phi) is 5.43. The fourth-order valence-corrected chi connectivity index (χ4v) is 2.68. The van der Waals surface area contributed by atoms with Crippen LogP contribution in [0.3, 0.4) is 0 Å². The molecule has 0 radical (unpaired) electrons.